The quantitative estimate of drug-likeness (QED) is 0.857. The van der Waals surface area contributed by atoms with E-state index in [9.17, 15) is 9.59 Å². The number of benzene rings is 2. The first-order chi connectivity index (χ1) is 12.0. The van der Waals surface area contributed by atoms with Crippen molar-refractivity contribution in [3.63, 3.8) is 0 Å². The van der Waals surface area contributed by atoms with Crippen LogP contribution in [0.5, 0.6) is 0 Å². The van der Waals surface area contributed by atoms with Gasteiger partial charge in [0.15, 0.2) is 0 Å². The van der Waals surface area contributed by atoms with E-state index >= 15 is 0 Å². The van der Waals surface area contributed by atoms with Crippen LogP contribution in [0.3, 0.4) is 0 Å². The number of hydrogen-bond acceptors (Lipinski definition) is 2. The van der Waals surface area contributed by atoms with Crippen LogP contribution in [0.15, 0.2) is 48.5 Å². The third-order valence-corrected chi connectivity index (χ3v) is 4.82. The minimum atomic E-state index is -0.0981. The number of amides is 2. The van der Waals surface area contributed by atoms with E-state index in [1.807, 2.05) is 0 Å². The largest absolute Gasteiger partial charge is 0.339 e. The van der Waals surface area contributed by atoms with Gasteiger partial charge in [-0.25, -0.2) is 0 Å². The molecular formula is C19H18Cl2N2O2. The van der Waals surface area contributed by atoms with E-state index in [-0.39, 0.29) is 17.7 Å². The van der Waals surface area contributed by atoms with Gasteiger partial charge in [0.2, 0.25) is 5.91 Å². The molecule has 1 fully saturated rings. The molecule has 1 aliphatic rings. The molecule has 0 radical (unpaired) electrons. The molecule has 0 bridgehead atoms. The summed E-state index contributed by atoms with van der Waals surface area (Å²) in [5.41, 5.74) is 1.31. The molecule has 2 aromatic rings. The second-order valence-corrected chi connectivity index (χ2v) is 6.95. The average Bonchev–Trinajstić information content (AvgIpc) is 2.63. The fourth-order valence-electron chi connectivity index (χ4n) is 2.93. The highest BCUT2D eigenvalue weighted by Gasteiger charge is 2.27. The molecule has 0 aliphatic carbocycles. The number of hydrogen-bond donors (Lipinski definition) is 1. The van der Waals surface area contributed by atoms with Gasteiger partial charge in [0, 0.05) is 40.3 Å². The predicted molar refractivity (Wildman–Crippen MR) is 100 cm³/mol. The van der Waals surface area contributed by atoms with Crippen LogP contribution in [-0.2, 0) is 4.79 Å². The number of rotatable bonds is 3. The topological polar surface area (TPSA) is 49.4 Å². The Bertz CT molecular complexity index is 769. The summed E-state index contributed by atoms with van der Waals surface area (Å²) in [6.45, 7) is 1.12. The summed E-state index contributed by atoms with van der Waals surface area (Å²) in [5, 5.41) is 4.08. The summed E-state index contributed by atoms with van der Waals surface area (Å²) < 4.78 is 0. The number of halogens is 2. The Kier molecular flexibility index (Phi) is 5.61. The lowest BCUT2D eigenvalue weighted by Gasteiger charge is -2.31. The van der Waals surface area contributed by atoms with Crippen molar-refractivity contribution in [3.05, 3.63) is 64.1 Å². The van der Waals surface area contributed by atoms with E-state index < -0.39 is 0 Å². The van der Waals surface area contributed by atoms with Gasteiger partial charge in [0.05, 0.1) is 0 Å². The van der Waals surface area contributed by atoms with Gasteiger partial charge >= 0.3 is 0 Å². The number of nitrogens with one attached hydrogen (secondary N) is 1. The van der Waals surface area contributed by atoms with Crippen molar-refractivity contribution in [2.75, 3.05) is 18.4 Å². The molecule has 25 heavy (non-hydrogen) atoms. The SMILES string of the molecule is O=C(Nc1ccc(Cl)cc1)C1CCN(C(=O)c2cccc(Cl)c2)CC1. The predicted octanol–water partition coefficient (Wildman–Crippen LogP) is 4.48. The molecule has 130 valence electrons. The van der Waals surface area contributed by atoms with Crippen molar-refractivity contribution in [2.45, 2.75) is 12.8 Å². The van der Waals surface area contributed by atoms with Gasteiger partial charge in [-0.1, -0.05) is 29.3 Å². The Morgan fingerprint density at radius 3 is 2.28 bits per heavy atom. The van der Waals surface area contributed by atoms with Gasteiger partial charge in [0.25, 0.3) is 5.91 Å². The van der Waals surface area contributed by atoms with Crippen LogP contribution in [0.2, 0.25) is 10.0 Å². The van der Waals surface area contributed by atoms with Gasteiger partial charge in [-0.3, -0.25) is 9.59 Å². The minimum Gasteiger partial charge on any atom is -0.339 e. The monoisotopic (exact) mass is 376 g/mol. The van der Waals surface area contributed by atoms with Crippen LogP contribution in [-0.4, -0.2) is 29.8 Å². The molecule has 2 amide bonds. The molecule has 1 N–H and O–H groups in total. The Morgan fingerprint density at radius 2 is 1.64 bits per heavy atom. The zero-order chi connectivity index (χ0) is 17.8. The van der Waals surface area contributed by atoms with Gasteiger partial charge in [0.1, 0.15) is 0 Å². The van der Waals surface area contributed by atoms with Crippen molar-refractivity contribution in [2.24, 2.45) is 5.92 Å². The van der Waals surface area contributed by atoms with Crippen molar-refractivity contribution in [1.29, 1.82) is 0 Å². The maximum atomic E-state index is 12.5. The van der Waals surface area contributed by atoms with Crippen LogP contribution >= 0.6 is 23.2 Å². The van der Waals surface area contributed by atoms with Crippen LogP contribution in [0.1, 0.15) is 23.2 Å². The summed E-state index contributed by atoms with van der Waals surface area (Å²) in [4.78, 5) is 26.7. The smallest absolute Gasteiger partial charge is 0.253 e. The maximum absolute atomic E-state index is 12.5. The average molecular weight is 377 g/mol. The van der Waals surface area contributed by atoms with Crippen LogP contribution in [0, 0.1) is 5.92 Å². The first kappa shape index (κ1) is 17.8. The lowest BCUT2D eigenvalue weighted by molar-refractivity contribution is -0.121. The molecule has 0 atom stereocenters. The molecule has 2 aromatic carbocycles. The molecule has 1 saturated heterocycles. The Labute approximate surface area is 156 Å². The van der Waals surface area contributed by atoms with Gasteiger partial charge in [-0.15, -0.1) is 0 Å². The maximum Gasteiger partial charge on any atom is 0.253 e. The molecular weight excluding hydrogens is 359 g/mol. The molecule has 0 spiro atoms. The molecule has 6 heteroatoms. The molecule has 0 saturated carbocycles. The zero-order valence-electron chi connectivity index (χ0n) is 13.5. The highest BCUT2D eigenvalue weighted by molar-refractivity contribution is 6.31. The second kappa shape index (κ2) is 7.89. The summed E-state index contributed by atoms with van der Waals surface area (Å²) in [5.74, 6) is -0.157. The van der Waals surface area contributed by atoms with E-state index in [0.29, 0.717) is 41.5 Å². The second-order valence-electron chi connectivity index (χ2n) is 6.07. The van der Waals surface area contributed by atoms with Gasteiger partial charge < -0.3 is 10.2 Å². The molecule has 0 unspecified atom stereocenters. The summed E-state index contributed by atoms with van der Waals surface area (Å²) >= 11 is 11.8. The van der Waals surface area contributed by atoms with Gasteiger partial charge in [-0.05, 0) is 55.3 Å². The van der Waals surface area contributed by atoms with Crippen molar-refractivity contribution < 1.29 is 9.59 Å². The third-order valence-electron chi connectivity index (χ3n) is 4.34. The number of piperidine rings is 1. The number of nitrogens with zero attached hydrogens (tertiary/aromatic N) is 1. The fourth-order valence-corrected chi connectivity index (χ4v) is 3.24. The summed E-state index contributed by atoms with van der Waals surface area (Å²) in [6.07, 6.45) is 1.29. The van der Waals surface area contributed by atoms with E-state index in [1.54, 1.807) is 53.4 Å². The Balaban J connectivity index is 1.55. The fraction of sp³-hybridized carbons (Fsp3) is 0.263. The van der Waals surface area contributed by atoms with E-state index in [0.717, 1.165) is 5.69 Å². The van der Waals surface area contributed by atoms with Crippen molar-refractivity contribution >= 4 is 40.7 Å². The van der Waals surface area contributed by atoms with Crippen molar-refractivity contribution in [1.82, 2.24) is 4.90 Å². The van der Waals surface area contributed by atoms with Crippen LogP contribution in [0.25, 0.3) is 0 Å². The van der Waals surface area contributed by atoms with Crippen LogP contribution in [0.4, 0.5) is 5.69 Å². The molecule has 0 aromatic heterocycles. The van der Waals surface area contributed by atoms with Crippen LogP contribution < -0.4 is 5.32 Å². The van der Waals surface area contributed by atoms with E-state index in [1.165, 1.54) is 0 Å². The molecule has 1 heterocycles. The molecule has 3 rings (SSSR count). The number of carbonyl (C=O) groups is 2. The highest BCUT2D eigenvalue weighted by Crippen LogP contribution is 2.22. The van der Waals surface area contributed by atoms with E-state index in [2.05, 4.69) is 5.32 Å². The van der Waals surface area contributed by atoms with Gasteiger partial charge in [-0.2, -0.15) is 0 Å². The molecule has 1 aliphatic heterocycles. The standard InChI is InChI=1S/C19H18Cl2N2O2/c20-15-4-6-17(7-5-15)22-18(24)13-8-10-23(11-9-13)19(25)14-2-1-3-16(21)12-14/h1-7,12-13H,8-11H2,(H,22,24). The number of carbonyl (C=O) groups excluding carboxylic acids is 2. The first-order valence-electron chi connectivity index (χ1n) is 8.14. The Hall–Kier alpha value is -2.04. The molecule has 4 nitrogen and oxygen atoms in total. The van der Waals surface area contributed by atoms with E-state index in [4.69, 9.17) is 23.2 Å². The zero-order valence-corrected chi connectivity index (χ0v) is 15.1. The summed E-state index contributed by atoms with van der Waals surface area (Å²) in [7, 11) is 0. The summed E-state index contributed by atoms with van der Waals surface area (Å²) in [6, 6.07) is 14.0. The highest BCUT2D eigenvalue weighted by atomic mass is 35.5. The first-order valence-corrected chi connectivity index (χ1v) is 8.90. The lowest BCUT2D eigenvalue weighted by Crippen LogP contribution is -2.41. The lowest BCUT2D eigenvalue weighted by atomic mass is 9.95. The minimum absolute atomic E-state index is 0.0165. The number of anilines is 1. The third kappa shape index (κ3) is 4.53. The normalized spacial score (nSPS) is 15.0. The van der Waals surface area contributed by atoms with Crippen molar-refractivity contribution in [3.8, 4) is 0 Å². The Morgan fingerprint density at radius 1 is 0.960 bits per heavy atom. The number of likely N-dealkylation sites (tertiary alicyclic amines) is 1.